The third-order valence-corrected chi connectivity index (χ3v) is 3.10. The highest BCUT2D eigenvalue weighted by atomic mass is 35.5. The van der Waals surface area contributed by atoms with Crippen LogP contribution in [-0.2, 0) is 4.74 Å². The number of unbranched alkanes of at least 4 members (excludes halogenated alkanes) is 1. The first kappa shape index (κ1) is 14.8. The SMILES string of the molecule is CCCCOC(=Cn1ncnn1)c1ccc(Cl)cc1Cl. The predicted molar refractivity (Wildman–Crippen MR) is 79.3 cm³/mol. The van der Waals surface area contributed by atoms with Crippen LogP contribution in [0.1, 0.15) is 25.3 Å². The highest BCUT2D eigenvalue weighted by Gasteiger charge is 2.10. The Morgan fingerprint density at radius 3 is 2.90 bits per heavy atom. The van der Waals surface area contributed by atoms with Crippen LogP contribution in [0.4, 0.5) is 0 Å². The number of halogens is 2. The maximum absolute atomic E-state index is 6.21. The third kappa shape index (κ3) is 3.95. The summed E-state index contributed by atoms with van der Waals surface area (Å²) in [5.41, 5.74) is 0.740. The van der Waals surface area contributed by atoms with Gasteiger partial charge in [-0.1, -0.05) is 36.5 Å². The van der Waals surface area contributed by atoms with E-state index in [0.29, 0.717) is 22.4 Å². The molecule has 2 aromatic rings. The van der Waals surface area contributed by atoms with E-state index in [1.54, 1.807) is 24.4 Å². The maximum atomic E-state index is 6.21. The number of benzene rings is 1. The quantitative estimate of drug-likeness (QED) is 0.602. The van der Waals surface area contributed by atoms with E-state index in [2.05, 4.69) is 22.3 Å². The van der Waals surface area contributed by atoms with Gasteiger partial charge in [0.05, 0.1) is 17.8 Å². The molecule has 0 fully saturated rings. The molecule has 7 heteroatoms. The Balaban J connectivity index is 2.30. The molecule has 0 radical (unpaired) electrons. The van der Waals surface area contributed by atoms with Crippen LogP contribution in [0.15, 0.2) is 24.5 Å². The lowest BCUT2D eigenvalue weighted by atomic mass is 10.2. The summed E-state index contributed by atoms with van der Waals surface area (Å²) in [6.45, 7) is 2.69. The Morgan fingerprint density at radius 1 is 1.40 bits per heavy atom. The molecule has 1 aromatic carbocycles. The van der Waals surface area contributed by atoms with Crippen molar-refractivity contribution in [1.82, 2.24) is 20.2 Å². The van der Waals surface area contributed by atoms with Crippen LogP contribution in [0.5, 0.6) is 0 Å². The molecule has 0 aliphatic carbocycles. The van der Waals surface area contributed by atoms with E-state index < -0.39 is 0 Å². The lowest BCUT2D eigenvalue weighted by molar-refractivity contribution is 0.271. The van der Waals surface area contributed by atoms with Crippen LogP contribution in [0.25, 0.3) is 12.0 Å². The molecule has 1 heterocycles. The largest absolute Gasteiger partial charge is 0.491 e. The van der Waals surface area contributed by atoms with Crippen LogP contribution in [-0.4, -0.2) is 26.8 Å². The molecule has 0 unspecified atom stereocenters. The highest BCUT2D eigenvalue weighted by Crippen LogP contribution is 2.28. The monoisotopic (exact) mass is 312 g/mol. The number of hydrogen-bond acceptors (Lipinski definition) is 4. The van der Waals surface area contributed by atoms with Crippen molar-refractivity contribution in [2.75, 3.05) is 6.61 Å². The van der Waals surface area contributed by atoms with Gasteiger partial charge < -0.3 is 4.74 Å². The van der Waals surface area contributed by atoms with E-state index >= 15 is 0 Å². The number of ether oxygens (including phenoxy) is 1. The smallest absolute Gasteiger partial charge is 0.162 e. The molecule has 0 aliphatic heterocycles. The van der Waals surface area contributed by atoms with Gasteiger partial charge in [0.1, 0.15) is 5.76 Å². The lowest BCUT2D eigenvalue weighted by Crippen LogP contribution is -2.00. The molecule has 0 bridgehead atoms. The van der Waals surface area contributed by atoms with Gasteiger partial charge in [-0.15, -0.1) is 15.0 Å². The van der Waals surface area contributed by atoms with Crippen molar-refractivity contribution in [2.24, 2.45) is 0 Å². The zero-order valence-corrected chi connectivity index (χ0v) is 12.5. The summed E-state index contributed by atoms with van der Waals surface area (Å²) >= 11 is 12.1. The molecule has 0 aliphatic rings. The van der Waals surface area contributed by atoms with Gasteiger partial charge in [-0.2, -0.15) is 0 Å². The van der Waals surface area contributed by atoms with Crippen molar-refractivity contribution in [3.8, 4) is 0 Å². The third-order valence-electron chi connectivity index (χ3n) is 2.55. The summed E-state index contributed by atoms with van der Waals surface area (Å²) in [6, 6.07) is 5.23. The van der Waals surface area contributed by atoms with Crippen molar-refractivity contribution in [3.05, 3.63) is 40.1 Å². The Hall–Kier alpha value is -1.59. The molecule has 0 amide bonds. The molecule has 20 heavy (non-hydrogen) atoms. The molecule has 0 spiro atoms. The standard InChI is InChI=1S/C13H14Cl2N4O/c1-2-3-6-20-13(8-19-17-9-16-18-19)11-5-4-10(14)7-12(11)15/h4-5,7-9H,2-3,6H2,1H3. The average Bonchev–Trinajstić information content (AvgIpc) is 2.91. The first-order valence-corrected chi connectivity index (χ1v) is 6.99. The Bertz CT molecular complexity index is 584. The molecular weight excluding hydrogens is 299 g/mol. The van der Waals surface area contributed by atoms with Crippen LogP contribution in [0.3, 0.4) is 0 Å². The molecule has 0 atom stereocenters. The van der Waals surface area contributed by atoms with E-state index in [0.717, 1.165) is 18.4 Å². The summed E-state index contributed by atoms with van der Waals surface area (Å²) in [5, 5.41) is 12.5. The van der Waals surface area contributed by atoms with Crippen LogP contribution in [0, 0.1) is 0 Å². The molecule has 5 nitrogen and oxygen atoms in total. The van der Waals surface area contributed by atoms with E-state index in [4.69, 9.17) is 27.9 Å². The van der Waals surface area contributed by atoms with E-state index in [-0.39, 0.29) is 0 Å². The fourth-order valence-electron chi connectivity index (χ4n) is 1.54. The molecule has 1 aromatic heterocycles. The summed E-state index contributed by atoms with van der Waals surface area (Å²) in [4.78, 5) is 1.33. The Labute approximate surface area is 127 Å². The van der Waals surface area contributed by atoms with Gasteiger partial charge in [-0.05, 0) is 29.8 Å². The summed E-state index contributed by atoms with van der Waals surface area (Å²) in [7, 11) is 0. The van der Waals surface area contributed by atoms with E-state index in [1.165, 1.54) is 11.1 Å². The zero-order chi connectivity index (χ0) is 14.4. The number of aromatic nitrogens is 4. The van der Waals surface area contributed by atoms with Gasteiger partial charge in [0.25, 0.3) is 0 Å². The van der Waals surface area contributed by atoms with Gasteiger partial charge in [0.15, 0.2) is 6.33 Å². The zero-order valence-electron chi connectivity index (χ0n) is 11.0. The second-order valence-corrected chi connectivity index (χ2v) is 4.92. The van der Waals surface area contributed by atoms with Crippen molar-refractivity contribution < 1.29 is 4.74 Å². The first-order valence-electron chi connectivity index (χ1n) is 6.23. The maximum Gasteiger partial charge on any atom is 0.162 e. The number of rotatable bonds is 6. The van der Waals surface area contributed by atoms with Gasteiger partial charge >= 0.3 is 0 Å². The first-order chi connectivity index (χ1) is 9.70. The molecule has 0 N–H and O–H groups in total. The molecule has 0 saturated heterocycles. The molecule has 2 rings (SSSR count). The van der Waals surface area contributed by atoms with Gasteiger partial charge in [0, 0.05) is 10.6 Å². The van der Waals surface area contributed by atoms with Crippen molar-refractivity contribution in [2.45, 2.75) is 19.8 Å². The van der Waals surface area contributed by atoms with E-state index in [1.807, 2.05) is 0 Å². The van der Waals surface area contributed by atoms with E-state index in [9.17, 15) is 0 Å². The minimum Gasteiger partial charge on any atom is -0.491 e. The van der Waals surface area contributed by atoms with Gasteiger partial charge in [-0.3, -0.25) is 0 Å². The Morgan fingerprint density at radius 2 is 2.25 bits per heavy atom. The fraction of sp³-hybridized carbons (Fsp3) is 0.308. The van der Waals surface area contributed by atoms with Gasteiger partial charge in [-0.25, -0.2) is 0 Å². The highest BCUT2D eigenvalue weighted by molar-refractivity contribution is 6.35. The molecular formula is C13H14Cl2N4O. The van der Waals surface area contributed by atoms with Crippen LogP contribution in [0.2, 0.25) is 10.0 Å². The number of hydrogen-bond donors (Lipinski definition) is 0. The normalized spacial score (nSPS) is 11.7. The summed E-state index contributed by atoms with van der Waals surface area (Å²) in [5.74, 6) is 0.582. The summed E-state index contributed by atoms with van der Waals surface area (Å²) < 4.78 is 5.77. The molecule has 106 valence electrons. The second-order valence-electron chi connectivity index (χ2n) is 4.08. The topological polar surface area (TPSA) is 52.8 Å². The lowest BCUT2D eigenvalue weighted by Gasteiger charge is -2.11. The molecule has 0 saturated carbocycles. The van der Waals surface area contributed by atoms with Crippen molar-refractivity contribution in [1.29, 1.82) is 0 Å². The van der Waals surface area contributed by atoms with Crippen molar-refractivity contribution >= 4 is 35.2 Å². The minimum atomic E-state index is 0.514. The fourth-order valence-corrected chi connectivity index (χ4v) is 2.04. The van der Waals surface area contributed by atoms with Crippen molar-refractivity contribution in [3.63, 3.8) is 0 Å². The number of nitrogens with zero attached hydrogens (tertiary/aromatic N) is 4. The average molecular weight is 313 g/mol. The predicted octanol–water partition coefficient (Wildman–Crippen LogP) is 3.75. The minimum absolute atomic E-state index is 0.514. The second kappa shape index (κ2) is 7.26. The Kier molecular flexibility index (Phi) is 5.38. The van der Waals surface area contributed by atoms with Crippen LogP contribution < -0.4 is 0 Å². The van der Waals surface area contributed by atoms with Crippen LogP contribution >= 0.6 is 23.2 Å². The van der Waals surface area contributed by atoms with Gasteiger partial charge in [0.2, 0.25) is 0 Å². The number of tetrazole rings is 1. The summed E-state index contributed by atoms with van der Waals surface area (Å²) in [6.07, 6.45) is 4.98.